The number of methoxy groups -OCH3 is 1. The van der Waals surface area contributed by atoms with Crippen LogP contribution in [0, 0.1) is 0 Å². The molecule has 0 fully saturated rings. The normalized spacial score (nSPS) is 10.2. The Morgan fingerprint density at radius 3 is 2.67 bits per heavy atom. The van der Waals surface area contributed by atoms with Gasteiger partial charge in [-0.1, -0.05) is 0 Å². The number of nitrogen functional groups attached to an aromatic ring is 1. The molecule has 0 aromatic carbocycles. The van der Waals surface area contributed by atoms with Crippen LogP contribution in [0.2, 0.25) is 0 Å². The molecule has 8 heteroatoms. The van der Waals surface area contributed by atoms with Crippen LogP contribution in [0.15, 0.2) is 24.5 Å². The van der Waals surface area contributed by atoms with Gasteiger partial charge >= 0.3 is 5.97 Å². The van der Waals surface area contributed by atoms with Crippen molar-refractivity contribution in [3.8, 4) is 5.82 Å². The standard InChI is InChI=1S/C13H15N5O3/c1-17(2)12(19)9-5-7-18(16-9)11-10(14)8(4-6-15-11)13(20)21-3/h4-7H,14H2,1-3H3. The first-order valence-electron chi connectivity index (χ1n) is 6.06. The fourth-order valence-corrected chi connectivity index (χ4v) is 1.72. The van der Waals surface area contributed by atoms with Gasteiger partial charge in [0.1, 0.15) is 0 Å². The van der Waals surface area contributed by atoms with Crippen molar-refractivity contribution in [2.24, 2.45) is 0 Å². The predicted molar refractivity (Wildman–Crippen MR) is 75.1 cm³/mol. The van der Waals surface area contributed by atoms with Gasteiger partial charge in [-0.25, -0.2) is 14.5 Å². The number of hydrogen-bond acceptors (Lipinski definition) is 6. The first kappa shape index (κ1) is 14.5. The van der Waals surface area contributed by atoms with E-state index in [1.54, 1.807) is 26.4 Å². The summed E-state index contributed by atoms with van der Waals surface area (Å²) in [6, 6.07) is 3.01. The van der Waals surface area contributed by atoms with E-state index >= 15 is 0 Å². The second kappa shape index (κ2) is 5.61. The molecular formula is C13H15N5O3. The largest absolute Gasteiger partial charge is 0.465 e. The molecule has 2 aromatic rings. The lowest BCUT2D eigenvalue weighted by Crippen LogP contribution is -2.22. The van der Waals surface area contributed by atoms with Gasteiger partial charge < -0.3 is 15.4 Å². The number of amides is 1. The van der Waals surface area contributed by atoms with Crippen LogP contribution in [-0.2, 0) is 4.74 Å². The number of esters is 1. The van der Waals surface area contributed by atoms with Crippen molar-refractivity contribution >= 4 is 17.6 Å². The molecule has 2 heterocycles. The summed E-state index contributed by atoms with van der Waals surface area (Å²) in [7, 11) is 4.53. The van der Waals surface area contributed by atoms with Crippen LogP contribution in [0.4, 0.5) is 5.69 Å². The van der Waals surface area contributed by atoms with Crippen molar-refractivity contribution in [1.82, 2.24) is 19.7 Å². The minimum absolute atomic E-state index is 0.135. The van der Waals surface area contributed by atoms with E-state index in [0.29, 0.717) is 0 Å². The Balaban J connectivity index is 2.44. The number of nitrogens with zero attached hydrogens (tertiary/aromatic N) is 4. The second-order valence-corrected chi connectivity index (χ2v) is 4.43. The van der Waals surface area contributed by atoms with Crippen molar-refractivity contribution in [3.05, 3.63) is 35.8 Å². The van der Waals surface area contributed by atoms with Gasteiger partial charge in [0.15, 0.2) is 11.5 Å². The van der Waals surface area contributed by atoms with Crippen LogP contribution >= 0.6 is 0 Å². The zero-order chi connectivity index (χ0) is 15.6. The number of carbonyl (C=O) groups is 2. The molecule has 0 aliphatic heterocycles. The molecule has 0 saturated carbocycles. The van der Waals surface area contributed by atoms with E-state index < -0.39 is 5.97 Å². The van der Waals surface area contributed by atoms with Gasteiger partial charge in [-0.05, 0) is 12.1 Å². The predicted octanol–water partition coefficient (Wildman–Crippen LogP) is 0.338. The Hall–Kier alpha value is -2.90. The molecular weight excluding hydrogens is 274 g/mol. The molecule has 0 bridgehead atoms. The zero-order valence-corrected chi connectivity index (χ0v) is 11.9. The smallest absolute Gasteiger partial charge is 0.340 e. The molecule has 0 radical (unpaired) electrons. The lowest BCUT2D eigenvalue weighted by atomic mass is 10.2. The highest BCUT2D eigenvalue weighted by Gasteiger charge is 2.17. The monoisotopic (exact) mass is 289 g/mol. The average Bonchev–Trinajstić information content (AvgIpc) is 2.95. The number of pyridine rings is 1. The number of nitrogens with two attached hydrogens (primary N) is 1. The van der Waals surface area contributed by atoms with Gasteiger partial charge in [-0.3, -0.25) is 4.79 Å². The summed E-state index contributed by atoms with van der Waals surface area (Å²) in [5.41, 5.74) is 6.50. The number of aromatic nitrogens is 3. The summed E-state index contributed by atoms with van der Waals surface area (Å²) < 4.78 is 5.99. The summed E-state index contributed by atoms with van der Waals surface area (Å²) in [6.45, 7) is 0. The van der Waals surface area contributed by atoms with E-state index in [0.717, 1.165) is 0 Å². The molecule has 2 N–H and O–H groups in total. The summed E-state index contributed by atoms with van der Waals surface area (Å²) in [6.07, 6.45) is 2.98. The Morgan fingerprint density at radius 1 is 1.33 bits per heavy atom. The third-order valence-corrected chi connectivity index (χ3v) is 2.81. The Bertz CT molecular complexity index is 693. The average molecular weight is 289 g/mol. The van der Waals surface area contributed by atoms with Crippen LogP contribution in [0.5, 0.6) is 0 Å². The molecule has 2 rings (SSSR count). The van der Waals surface area contributed by atoms with Gasteiger partial charge in [0.25, 0.3) is 5.91 Å². The van der Waals surface area contributed by atoms with Crippen LogP contribution in [0.3, 0.4) is 0 Å². The van der Waals surface area contributed by atoms with Gasteiger partial charge in [0.05, 0.1) is 18.4 Å². The van der Waals surface area contributed by atoms with E-state index in [1.807, 2.05) is 0 Å². The van der Waals surface area contributed by atoms with Crippen molar-refractivity contribution in [2.75, 3.05) is 26.9 Å². The van der Waals surface area contributed by atoms with Crippen LogP contribution in [0.1, 0.15) is 20.8 Å². The van der Waals surface area contributed by atoms with Gasteiger partial charge in [-0.15, -0.1) is 0 Å². The maximum Gasteiger partial charge on any atom is 0.340 e. The van der Waals surface area contributed by atoms with Crippen LogP contribution < -0.4 is 5.73 Å². The number of ether oxygens (including phenoxy) is 1. The highest BCUT2D eigenvalue weighted by atomic mass is 16.5. The number of hydrogen-bond donors (Lipinski definition) is 1. The highest BCUT2D eigenvalue weighted by Crippen LogP contribution is 2.19. The quantitative estimate of drug-likeness (QED) is 0.817. The van der Waals surface area contributed by atoms with E-state index in [9.17, 15) is 9.59 Å². The molecule has 110 valence electrons. The SMILES string of the molecule is COC(=O)c1ccnc(-n2ccc(C(=O)N(C)C)n2)c1N. The Morgan fingerprint density at radius 2 is 2.05 bits per heavy atom. The molecule has 0 saturated heterocycles. The van der Waals surface area contributed by atoms with Crippen LogP contribution in [-0.4, -0.2) is 52.7 Å². The summed E-state index contributed by atoms with van der Waals surface area (Å²) >= 11 is 0. The third kappa shape index (κ3) is 2.69. The third-order valence-electron chi connectivity index (χ3n) is 2.81. The Labute approximate surface area is 121 Å². The summed E-state index contributed by atoms with van der Waals surface area (Å²) in [4.78, 5) is 28.9. The second-order valence-electron chi connectivity index (χ2n) is 4.43. The molecule has 0 aliphatic rings. The molecule has 0 spiro atoms. The van der Waals surface area contributed by atoms with Gasteiger partial charge in [0.2, 0.25) is 0 Å². The topological polar surface area (TPSA) is 103 Å². The molecule has 21 heavy (non-hydrogen) atoms. The van der Waals surface area contributed by atoms with Gasteiger partial charge in [0, 0.05) is 26.5 Å². The van der Waals surface area contributed by atoms with E-state index in [4.69, 9.17) is 5.73 Å². The lowest BCUT2D eigenvalue weighted by molar-refractivity contribution is 0.0601. The van der Waals surface area contributed by atoms with E-state index in [1.165, 1.54) is 29.0 Å². The first-order chi connectivity index (χ1) is 9.95. The van der Waals surface area contributed by atoms with Crippen molar-refractivity contribution < 1.29 is 14.3 Å². The molecule has 0 atom stereocenters. The van der Waals surface area contributed by atoms with Crippen molar-refractivity contribution in [1.29, 1.82) is 0 Å². The Kier molecular flexibility index (Phi) is 3.88. The van der Waals surface area contributed by atoms with Crippen LogP contribution in [0.25, 0.3) is 5.82 Å². The minimum atomic E-state index is -0.562. The first-order valence-corrected chi connectivity index (χ1v) is 6.06. The number of carbonyl (C=O) groups excluding carboxylic acids is 2. The van der Waals surface area contributed by atoms with Crippen molar-refractivity contribution in [3.63, 3.8) is 0 Å². The molecule has 0 unspecified atom stereocenters. The molecule has 2 aromatic heterocycles. The molecule has 0 aliphatic carbocycles. The fourth-order valence-electron chi connectivity index (χ4n) is 1.72. The maximum atomic E-state index is 11.8. The molecule has 8 nitrogen and oxygen atoms in total. The maximum absolute atomic E-state index is 11.8. The van der Waals surface area contributed by atoms with Crippen molar-refractivity contribution in [2.45, 2.75) is 0 Å². The number of rotatable bonds is 3. The fraction of sp³-hybridized carbons (Fsp3) is 0.231. The van der Waals surface area contributed by atoms with Gasteiger partial charge in [-0.2, -0.15) is 5.10 Å². The summed E-state index contributed by atoms with van der Waals surface area (Å²) in [5, 5.41) is 4.12. The highest BCUT2D eigenvalue weighted by molar-refractivity contribution is 5.96. The summed E-state index contributed by atoms with van der Waals surface area (Å²) in [5.74, 6) is -0.542. The number of anilines is 1. The zero-order valence-electron chi connectivity index (χ0n) is 11.9. The van der Waals surface area contributed by atoms with E-state index in [-0.39, 0.29) is 28.7 Å². The molecule has 1 amide bonds. The minimum Gasteiger partial charge on any atom is -0.465 e. The lowest BCUT2D eigenvalue weighted by Gasteiger charge is -2.09. The van der Waals surface area contributed by atoms with E-state index in [2.05, 4.69) is 14.8 Å².